The molecule has 5 nitrogen and oxygen atoms in total. The molecule has 1 atom stereocenters. The van der Waals surface area contributed by atoms with Gasteiger partial charge in [0.2, 0.25) is 0 Å². The van der Waals surface area contributed by atoms with Crippen LogP contribution in [0.3, 0.4) is 0 Å². The fourth-order valence-electron chi connectivity index (χ4n) is 2.35. The minimum Gasteiger partial charge on any atom is -0.512 e. The maximum Gasteiger partial charge on any atom is 0.337 e. The van der Waals surface area contributed by atoms with Gasteiger partial charge >= 0.3 is 5.97 Å². The van der Waals surface area contributed by atoms with Crippen LogP contribution in [0.1, 0.15) is 24.8 Å². The summed E-state index contributed by atoms with van der Waals surface area (Å²) in [5.41, 5.74) is -0.0681. The summed E-state index contributed by atoms with van der Waals surface area (Å²) in [6, 6.07) is 5.57. The fourth-order valence-corrected chi connectivity index (χ4v) is 2.47. The van der Waals surface area contributed by atoms with E-state index in [0.717, 1.165) is 0 Å². The van der Waals surface area contributed by atoms with E-state index in [2.05, 4.69) is 15.8 Å². The van der Waals surface area contributed by atoms with Gasteiger partial charge in [-0.1, -0.05) is 17.7 Å². The van der Waals surface area contributed by atoms with E-state index in [1.54, 1.807) is 12.1 Å². The number of esters is 1. The van der Waals surface area contributed by atoms with Crippen molar-refractivity contribution >= 4 is 17.6 Å². The van der Waals surface area contributed by atoms with Gasteiger partial charge in [-0.25, -0.2) is 9.78 Å². The summed E-state index contributed by atoms with van der Waals surface area (Å²) >= 11 is 5.75. The molecule has 0 unspecified atom stereocenters. The molecule has 0 aliphatic heterocycles. The van der Waals surface area contributed by atoms with Gasteiger partial charge in [0, 0.05) is 19.0 Å². The lowest BCUT2D eigenvalue weighted by atomic mass is 9.70. The number of carbonyl (C=O) groups excluding carboxylic acids is 1. The molecule has 1 aliphatic carbocycles. The minimum atomic E-state index is -0.895. The molecule has 0 spiro atoms. The van der Waals surface area contributed by atoms with Crippen molar-refractivity contribution < 1.29 is 14.6 Å². The zero-order valence-corrected chi connectivity index (χ0v) is 11.6. The molecular weight excluding hydrogens is 280 g/mol. The zero-order chi connectivity index (χ0) is 14.8. The number of halogens is 1. The molecule has 1 aromatic rings. The van der Waals surface area contributed by atoms with Crippen LogP contribution in [-0.2, 0) is 14.9 Å². The van der Waals surface area contributed by atoms with Gasteiger partial charge in [-0.05, 0) is 18.1 Å². The number of aliphatic hydroxyl groups is 1. The number of carbonyl (C=O) groups is 1. The van der Waals surface area contributed by atoms with Crippen molar-refractivity contribution in [2.45, 2.75) is 24.7 Å². The number of nitrogens with zero attached hydrogens (tertiary/aromatic N) is 2. The maximum atomic E-state index is 11.7. The van der Waals surface area contributed by atoms with Crippen molar-refractivity contribution in [3.05, 3.63) is 40.4 Å². The Morgan fingerprint density at radius 2 is 2.35 bits per heavy atom. The average molecular weight is 293 g/mol. The second-order valence-corrected chi connectivity index (χ2v) is 5.04. The highest BCUT2D eigenvalue weighted by molar-refractivity contribution is 6.29. The molecule has 1 heterocycles. The standard InChI is InChI=1S/C14H13ClN2O3/c1-20-13(19)10-6-14(8-16,5-4-11(10)18)9-2-3-12(15)17-7-9/h2-3,7,18H,4-6H2,1H3/t14-/m1/s1. The molecule has 20 heavy (non-hydrogen) atoms. The number of methoxy groups -OCH3 is 1. The zero-order valence-electron chi connectivity index (χ0n) is 10.9. The molecule has 0 radical (unpaired) electrons. The summed E-state index contributed by atoms with van der Waals surface area (Å²) in [5.74, 6) is -0.617. The lowest BCUT2D eigenvalue weighted by Gasteiger charge is -2.31. The first-order valence-corrected chi connectivity index (χ1v) is 6.43. The van der Waals surface area contributed by atoms with Crippen molar-refractivity contribution in [3.63, 3.8) is 0 Å². The lowest BCUT2D eigenvalue weighted by molar-refractivity contribution is -0.136. The molecule has 104 valence electrons. The lowest BCUT2D eigenvalue weighted by Crippen LogP contribution is -2.31. The molecule has 0 aromatic carbocycles. The van der Waals surface area contributed by atoms with Crippen molar-refractivity contribution in [2.24, 2.45) is 0 Å². The number of nitriles is 1. The molecule has 1 N–H and O–H groups in total. The van der Waals surface area contributed by atoms with Crippen LogP contribution in [0.25, 0.3) is 0 Å². The predicted octanol–water partition coefficient (Wildman–Crippen LogP) is 2.67. The average Bonchev–Trinajstić information content (AvgIpc) is 2.48. The van der Waals surface area contributed by atoms with Crippen LogP contribution in [0.2, 0.25) is 5.15 Å². The van der Waals surface area contributed by atoms with Gasteiger partial charge in [0.15, 0.2) is 0 Å². The van der Waals surface area contributed by atoms with Gasteiger partial charge in [0.25, 0.3) is 0 Å². The Hall–Kier alpha value is -2.06. The van der Waals surface area contributed by atoms with Crippen molar-refractivity contribution in [2.75, 3.05) is 7.11 Å². The highest BCUT2D eigenvalue weighted by Gasteiger charge is 2.40. The van der Waals surface area contributed by atoms with Crippen LogP contribution in [-0.4, -0.2) is 23.2 Å². The number of aromatic nitrogens is 1. The Morgan fingerprint density at radius 1 is 1.60 bits per heavy atom. The molecule has 0 fully saturated rings. The summed E-state index contributed by atoms with van der Waals surface area (Å²) in [7, 11) is 1.25. The first kappa shape index (κ1) is 14.4. The van der Waals surface area contributed by atoms with Crippen LogP contribution in [0.15, 0.2) is 29.7 Å². The van der Waals surface area contributed by atoms with Crippen LogP contribution < -0.4 is 0 Å². The van der Waals surface area contributed by atoms with Crippen LogP contribution in [0, 0.1) is 11.3 Å². The number of hydrogen-bond acceptors (Lipinski definition) is 5. The summed E-state index contributed by atoms with van der Waals surface area (Å²) in [6.45, 7) is 0. The van der Waals surface area contributed by atoms with E-state index < -0.39 is 11.4 Å². The molecule has 2 rings (SSSR count). The van der Waals surface area contributed by atoms with Gasteiger partial charge < -0.3 is 9.84 Å². The van der Waals surface area contributed by atoms with E-state index in [-0.39, 0.29) is 24.2 Å². The van der Waals surface area contributed by atoms with E-state index >= 15 is 0 Å². The van der Waals surface area contributed by atoms with Gasteiger partial charge in [-0.15, -0.1) is 0 Å². The van der Waals surface area contributed by atoms with E-state index in [1.807, 2.05) is 0 Å². The van der Waals surface area contributed by atoms with E-state index in [1.165, 1.54) is 13.3 Å². The topological polar surface area (TPSA) is 83.2 Å². The van der Waals surface area contributed by atoms with E-state index in [9.17, 15) is 15.2 Å². The minimum absolute atomic E-state index is 0.00959. The third-order valence-corrected chi connectivity index (χ3v) is 3.76. The molecule has 1 aromatic heterocycles. The molecule has 0 amide bonds. The third-order valence-electron chi connectivity index (χ3n) is 3.54. The second kappa shape index (κ2) is 5.51. The smallest absolute Gasteiger partial charge is 0.337 e. The number of pyridine rings is 1. The Morgan fingerprint density at radius 3 is 2.90 bits per heavy atom. The van der Waals surface area contributed by atoms with Crippen LogP contribution in [0.5, 0.6) is 0 Å². The summed E-state index contributed by atoms with van der Waals surface area (Å²) in [4.78, 5) is 15.7. The van der Waals surface area contributed by atoms with Gasteiger partial charge in [-0.2, -0.15) is 5.26 Å². The van der Waals surface area contributed by atoms with Crippen molar-refractivity contribution in [3.8, 4) is 6.07 Å². The number of hydrogen-bond donors (Lipinski definition) is 1. The molecule has 6 heteroatoms. The summed E-state index contributed by atoms with van der Waals surface area (Å²) < 4.78 is 4.65. The van der Waals surface area contributed by atoms with Crippen molar-refractivity contribution in [1.29, 1.82) is 5.26 Å². The largest absolute Gasteiger partial charge is 0.512 e. The fraction of sp³-hybridized carbons (Fsp3) is 0.357. The monoisotopic (exact) mass is 292 g/mol. The third kappa shape index (κ3) is 2.47. The number of rotatable bonds is 2. The molecule has 0 saturated carbocycles. The Labute approximate surface area is 121 Å². The van der Waals surface area contributed by atoms with Gasteiger partial charge in [0.05, 0.1) is 24.2 Å². The van der Waals surface area contributed by atoms with Crippen molar-refractivity contribution in [1.82, 2.24) is 4.98 Å². The maximum absolute atomic E-state index is 11.7. The molecule has 0 saturated heterocycles. The van der Waals surface area contributed by atoms with E-state index in [0.29, 0.717) is 17.1 Å². The first-order valence-electron chi connectivity index (χ1n) is 6.05. The Bertz CT molecular complexity index is 604. The summed E-state index contributed by atoms with van der Waals surface area (Å²) in [6.07, 6.45) is 2.30. The van der Waals surface area contributed by atoms with Crippen LogP contribution >= 0.6 is 11.6 Å². The number of ether oxygens (including phenoxy) is 1. The predicted molar refractivity (Wildman–Crippen MR) is 72.1 cm³/mol. The SMILES string of the molecule is COC(=O)C1=C(O)CC[C@@](C#N)(c2ccc(Cl)nc2)C1. The number of allylic oxidation sites excluding steroid dienone is 1. The normalized spacial score (nSPS) is 22.2. The Kier molecular flexibility index (Phi) is 3.96. The Balaban J connectivity index is 2.42. The highest BCUT2D eigenvalue weighted by atomic mass is 35.5. The first-order chi connectivity index (χ1) is 9.52. The van der Waals surface area contributed by atoms with Gasteiger partial charge in [0.1, 0.15) is 10.9 Å². The van der Waals surface area contributed by atoms with Gasteiger partial charge in [-0.3, -0.25) is 0 Å². The second-order valence-electron chi connectivity index (χ2n) is 4.66. The molecule has 1 aliphatic rings. The number of aliphatic hydroxyl groups excluding tert-OH is 1. The quantitative estimate of drug-likeness (QED) is 0.669. The van der Waals surface area contributed by atoms with Crippen LogP contribution in [0.4, 0.5) is 0 Å². The molecule has 0 bridgehead atoms. The van der Waals surface area contributed by atoms with E-state index in [4.69, 9.17) is 11.6 Å². The molecular formula is C14H13ClN2O3. The summed E-state index contributed by atoms with van der Waals surface area (Å²) in [5, 5.41) is 19.7. The highest BCUT2D eigenvalue weighted by Crippen LogP contribution is 2.41.